The van der Waals surface area contributed by atoms with E-state index in [-0.39, 0.29) is 23.5 Å². The highest BCUT2D eigenvalue weighted by Gasteiger charge is 2.51. The number of sulfone groups is 1. The summed E-state index contributed by atoms with van der Waals surface area (Å²) in [4.78, 5) is 12.4. The molecule has 2 aliphatic rings. The molecule has 1 unspecified atom stereocenters. The lowest BCUT2D eigenvalue weighted by Gasteiger charge is -2.18. The van der Waals surface area contributed by atoms with Gasteiger partial charge in [-0.25, -0.2) is 8.42 Å². The third-order valence-corrected chi connectivity index (χ3v) is 5.85. The zero-order valence-electron chi connectivity index (χ0n) is 10.6. The number of hydrogen-bond acceptors (Lipinski definition) is 3. The molecule has 0 spiro atoms. The maximum atomic E-state index is 12.4. The molecule has 1 aliphatic carbocycles. The van der Waals surface area contributed by atoms with Gasteiger partial charge in [0.15, 0.2) is 9.84 Å². The summed E-state index contributed by atoms with van der Waals surface area (Å²) in [5, 5.41) is 2.92. The largest absolute Gasteiger partial charge is 0.352 e. The smallest absolute Gasteiger partial charge is 0.230 e. The van der Waals surface area contributed by atoms with Gasteiger partial charge in [0.25, 0.3) is 0 Å². The fraction of sp³-hybridized carbons (Fsp3) is 0.500. The van der Waals surface area contributed by atoms with Crippen LogP contribution in [0, 0.1) is 0 Å². The average Bonchev–Trinajstić information content (AvgIpc) is 3.12. The normalized spacial score (nSPS) is 26.8. The van der Waals surface area contributed by atoms with Crippen molar-refractivity contribution in [1.29, 1.82) is 0 Å². The van der Waals surface area contributed by atoms with Gasteiger partial charge < -0.3 is 5.32 Å². The van der Waals surface area contributed by atoms with Crippen LogP contribution in [0.15, 0.2) is 30.3 Å². The molecule has 1 atom stereocenters. The lowest BCUT2D eigenvalue weighted by atomic mass is 9.94. The first-order chi connectivity index (χ1) is 9.02. The van der Waals surface area contributed by atoms with E-state index in [2.05, 4.69) is 5.32 Å². The molecule has 1 heterocycles. The molecular formula is C14H17NO3S. The van der Waals surface area contributed by atoms with Gasteiger partial charge in [0.1, 0.15) is 0 Å². The van der Waals surface area contributed by atoms with Crippen molar-refractivity contribution >= 4 is 15.7 Å². The van der Waals surface area contributed by atoms with E-state index in [9.17, 15) is 13.2 Å². The zero-order chi connectivity index (χ0) is 13.5. The van der Waals surface area contributed by atoms with Gasteiger partial charge in [0.05, 0.1) is 16.9 Å². The third kappa shape index (κ3) is 2.39. The Bertz CT molecular complexity index is 590. The van der Waals surface area contributed by atoms with Crippen molar-refractivity contribution in [3.63, 3.8) is 0 Å². The Hall–Kier alpha value is -1.36. The van der Waals surface area contributed by atoms with Crippen molar-refractivity contribution in [1.82, 2.24) is 5.32 Å². The van der Waals surface area contributed by atoms with Gasteiger partial charge in [-0.05, 0) is 24.8 Å². The maximum Gasteiger partial charge on any atom is 0.230 e. The number of benzene rings is 1. The Morgan fingerprint density at radius 3 is 2.42 bits per heavy atom. The predicted octanol–water partition coefficient (Wildman–Crippen LogP) is 1.02. The van der Waals surface area contributed by atoms with Gasteiger partial charge in [-0.2, -0.15) is 0 Å². The van der Waals surface area contributed by atoms with Gasteiger partial charge in [-0.3, -0.25) is 4.79 Å². The molecule has 1 saturated heterocycles. The molecule has 1 aliphatic heterocycles. The lowest BCUT2D eigenvalue weighted by Crippen LogP contribution is -2.42. The van der Waals surface area contributed by atoms with Crippen LogP contribution in [0.5, 0.6) is 0 Å². The van der Waals surface area contributed by atoms with E-state index >= 15 is 0 Å². The standard InChI is InChI=1S/C14H17NO3S/c16-13(15-12-6-9-19(17,18)10-12)14(7-8-14)11-4-2-1-3-5-11/h1-5,12H,6-10H2,(H,15,16). The SMILES string of the molecule is O=C(NC1CCS(=O)(=O)C1)C1(c2ccccc2)CC1. The van der Waals surface area contributed by atoms with Crippen LogP contribution in [0.2, 0.25) is 0 Å². The van der Waals surface area contributed by atoms with Crippen molar-refractivity contribution in [2.24, 2.45) is 0 Å². The van der Waals surface area contributed by atoms with Crippen molar-refractivity contribution in [2.45, 2.75) is 30.7 Å². The van der Waals surface area contributed by atoms with Crippen molar-refractivity contribution in [2.75, 3.05) is 11.5 Å². The summed E-state index contributed by atoms with van der Waals surface area (Å²) in [6.07, 6.45) is 2.24. The highest BCUT2D eigenvalue weighted by atomic mass is 32.2. The number of nitrogens with one attached hydrogen (secondary N) is 1. The minimum atomic E-state index is -2.95. The number of rotatable bonds is 3. The summed E-state index contributed by atoms with van der Waals surface area (Å²) in [7, 11) is -2.95. The fourth-order valence-electron chi connectivity index (χ4n) is 2.76. The summed E-state index contributed by atoms with van der Waals surface area (Å²) in [6, 6.07) is 9.53. The zero-order valence-corrected chi connectivity index (χ0v) is 11.4. The molecule has 1 amide bonds. The quantitative estimate of drug-likeness (QED) is 0.898. The molecule has 1 N–H and O–H groups in total. The van der Waals surface area contributed by atoms with E-state index in [1.807, 2.05) is 30.3 Å². The average molecular weight is 279 g/mol. The van der Waals surface area contributed by atoms with Crippen molar-refractivity contribution in [3.05, 3.63) is 35.9 Å². The summed E-state index contributed by atoms with van der Waals surface area (Å²) in [6.45, 7) is 0. The minimum absolute atomic E-state index is 0.0131. The van der Waals surface area contributed by atoms with Crippen LogP contribution < -0.4 is 5.32 Å². The molecule has 2 fully saturated rings. The van der Waals surface area contributed by atoms with Crippen LogP contribution >= 0.6 is 0 Å². The summed E-state index contributed by atoms with van der Waals surface area (Å²) in [5.41, 5.74) is 0.626. The molecule has 1 aromatic carbocycles. The second-order valence-corrected chi connectivity index (χ2v) is 7.75. The second-order valence-electron chi connectivity index (χ2n) is 5.52. The fourth-order valence-corrected chi connectivity index (χ4v) is 4.43. The molecule has 19 heavy (non-hydrogen) atoms. The number of carbonyl (C=O) groups excluding carboxylic acids is 1. The highest BCUT2D eigenvalue weighted by molar-refractivity contribution is 7.91. The van der Waals surface area contributed by atoms with Crippen LogP contribution in [-0.2, 0) is 20.0 Å². The topological polar surface area (TPSA) is 63.2 Å². The second kappa shape index (κ2) is 4.34. The van der Waals surface area contributed by atoms with Gasteiger partial charge in [-0.15, -0.1) is 0 Å². The van der Waals surface area contributed by atoms with E-state index in [0.717, 1.165) is 18.4 Å². The Morgan fingerprint density at radius 2 is 1.89 bits per heavy atom. The summed E-state index contributed by atoms with van der Waals surface area (Å²) >= 11 is 0. The summed E-state index contributed by atoms with van der Waals surface area (Å²) in [5.74, 6) is 0.265. The van der Waals surface area contributed by atoms with Crippen LogP contribution in [-0.4, -0.2) is 31.9 Å². The van der Waals surface area contributed by atoms with Crippen LogP contribution in [0.3, 0.4) is 0 Å². The Balaban J connectivity index is 1.72. The van der Waals surface area contributed by atoms with E-state index in [0.29, 0.717) is 6.42 Å². The first-order valence-corrected chi connectivity index (χ1v) is 8.41. The maximum absolute atomic E-state index is 12.4. The Kier molecular flexibility index (Phi) is 2.89. The number of amides is 1. The third-order valence-electron chi connectivity index (χ3n) is 4.08. The monoisotopic (exact) mass is 279 g/mol. The van der Waals surface area contributed by atoms with Gasteiger partial charge >= 0.3 is 0 Å². The molecular weight excluding hydrogens is 262 g/mol. The molecule has 0 radical (unpaired) electrons. The number of hydrogen-bond donors (Lipinski definition) is 1. The van der Waals surface area contributed by atoms with Gasteiger partial charge in [-0.1, -0.05) is 30.3 Å². The molecule has 1 aromatic rings. The predicted molar refractivity (Wildman–Crippen MR) is 72.6 cm³/mol. The van der Waals surface area contributed by atoms with Crippen LogP contribution in [0.1, 0.15) is 24.8 Å². The van der Waals surface area contributed by atoms with E-state index < -0.39 is 15.3 Å². The lowest BCUT2D eigenvalue weighted by molar-refractivity contribution is -0.124. The summed E-state index contributed by atoms with van der Waals surface area (Å²) < 4.78 is 22.8. The van der Waals surface area contributed by atoms with Crippen molar-refractivity contribution < 1.29 is 13.2 Å². The highest BCUT2D eigenvalue weighted by Crippen LogP contribution is 2.48. The van der Waals surface area contributed by atoms with Crippen LogP contribution in [0.4, 0.5) is 0 Å². The molecule has 0 aromatic heterocycles. The van der Waals surface area contributed by atoms with Gasteiger partial charge in [0, 0.05) is 6.04 Å². The number of carbonyl (C=O) groups is 1. The minimum Gasteiger partial charge on any atom is -0.352 e. The molecule has 4 nitrogen and oxygen atoms in total. The Morgan fingerprint density at radius 1 is 1.21 bits per heavy atom. The Labute approximate surface area is 113 Å². The molecule has 3 rings (SSSR count). The van der Waals surface area contributed by atoms with E-state index in [1.165, 1.54) is 0 Å². The van der Waals surface area contributed by atoms with Crippen molar-refractivity contribution in [3.8, 4) is 0 Å². The first-order valence-electron chi connectivity index (χ1n) is 6.59. The first kappa shape index (κ1) is 12.7. The van der Waals surface area contributed by atoms with Gasteiger partial charge in [0.2, 0.25) is 5.91 Å². The molecule has 102 valence electrons. The van der Waals surface area contributed by atoms with E-state index in [1.54, 1.807) is 0 Å². The molecule has 0 bridgehead atoms. The molecule has 5 heteroatoms. The van der Waals surface area contributed by atoms with Crippen LogP contribution in [0.25, 0.3) is 0 Å². The molecule has 1 saturated carbocycles. The van der Waals surface area contributed by atoms with E-state index in [4.69, 9.17) is 0 Å².